The molecule has 3 aromatic rings. The zero-order valence-corrected chi connectivity index (χ0v) is 14.5. The van der Waals surface area contributed by atoms with Crippen molar-refractivity contribution < 1.29 is 14.6 Å². The van der Waals surface area contributed by atoms with Gasteiger partial charge in [0.2, 0.25) is 6.79 Å². The molecule has 4 rings (SSSR count). The normalized spacial score (nSPS) is 13.7. The van der Waals surface area contributed by atoms with Crippen LogP contribution in [0.25, 0.3) is 11.1 Å². The number of aromatic nitrogens is 1. The summed E-state index contributed by atoms with van der Waals surface area (Å²) in [5, 5.41) is 10.9. The van der Waals surface area contributed by atoms with Crippen molar-refractivity contribution in [2.24, 2.45) is 0 Å². The third-order valence-electron chi connectivity index (χ3n) is 4.24. The summed E-state index contributed by atoms with van der Waals surface area (Å²) in [6, 6.07) is 15.7. The Hall–Kier alpha value is -2.50. The van der Waals surface area contributed by atoms with E-state index < -0.39 is 6.10 Å². The smallest absolute Gasteiger partial charge is 0.231 e. The molecule has 0 saturated carbocycles. The van der Waals surface area contributed by atoms with Crippen molar-refractivity contribution >= 4 is 11.8 Å². The second-order valence-electron chi connectivity index (χ2n) is 5.71. The lowest BCUT2D eigenvalue weighted by molar-refractivity contribution is 0.173. The number of aliphatic hydroxyl groups is 1. The Morgan fingerprint density at radius 3 is 2.52 bits per heavy atom. The van der Waals surface area contributed by atoms with Crippen LogP contribution in [0.1, 0.15) is 17.2 Å². The fourth-order valence-electron chi connectivity index (χ4n) is 2.92. The molecule has 1 aromatic heterocycles. The van der Waals surface area contributed by atoms with Crippen LogP contribution in [0.4, 0.5) is 0 Å². The minimum Gasteiger partial charge on any atom is -0.454 e. The van der Waals surface area contributed by atoms with Crippen LogP contribution in [-0.4, -0.2) is 23.1 Å². The molecule has 0 fully saturated rings. The van der Waals surface area contributed by atoms with Gasteiger partial charge in [0.25, 0.3) is 0 Å². The van der Waals surface area contributed by atoms with Crippen molar-refractivity contribution in [3.05, 3.63) is 72.1 Å². The number of nitrogens with zero attached hydrogens (tertiary/aromatic N) is 1. The quantitative estimate of drug-likeness (QED) is 0.711. The number of benzene rings is 2. The van der Waals surface area contributed by atoms with Gasteiger partial charge in [-0.2, -0.15) is 0 Å². The highest BCUT2D eigenvalue weighted by atomic mass is 32.2. The lowest BCUT2D eigenvalue weighted by atomic mass is 9.92. The molecule has 1 N–H and O–H groups in total. The molecule has 0 bridgehead atoms. The minimum absolute atomic E-state index is 0.201. The van der Waals surface area contributed by atoms with Gasteiger partial charge in [0.05, 0.1) is 0 Å². The highest BCUT2D eigenvalue weighted by Gasteiger charge is 2.23. The largest absolute Gasteiger partial charge is 0.454 e. The fraction of sp³-hybridized carbons (Fsp3) is 0.150. The summed E-state index contributed by atoms with van der Waals surface area (Å²) in [6.07, 6.45) is 4.62. The van der Waals surface area contributed by atoms with Crippen LogP contribution in [0.2, 0.25) is 0 Å². The molecule has 0 spiro atoms. The number of ether oxygens (including phenoxy) is 2. The van der Waals surface area contributed by atoms with Gasteiger partial charge in [-0.15, -0.1) is 11.8 Å². The van der Waals surface area contributed by atoms with E-state index in [1.807, 2.05) is 30.5 Å². The lowest BCUT2D eigenvalue weighted by Gasteiger charge is -2.17. The predicted octanol–water partition coefficient (Wildman–Crippen LogP) is 4.28. The molecule has 0 amide bonds. The van der Waals surface area contributed by atoms with Crippen molar-refractivity contribution in [2.75, 3.05) is 13.0 Å². The Morgan fingerprint density at radius 1 is 1.08 bits per heavy atom. The zero-order chi connectivity index (χ0) is 17.2. The summed E-state index contributed by atoms with van der Waals surface area (Å²) in [4.78, 5) is 5.30. The van der Waals surface area contributed by atoms with Crippen LogP contribution >= 0.6 is 11.8 Å². The number of rotatable bonds is 4. The molecule has 25 heavy (non-hydrogen) atoms. The zero-order valence-electron chi connectivity index (χ0n) is 13.7. The number of aliphatic hydroxyl groups excluding tert-OH is 1. The van der Waals surface area contributed by atoms with Gasteiger partial charge < -0.3 is 14.6 Å². The summed E-state index contributed by atoms with van der Waals surface area (Å²) in [7, 11) is 0. The molecule has 126 valence electrons. The average Bonchev–Trinajstić information content (AvgIpc) is 3.15. The van der Waals surface area contributed by atoms with Gasteiger partial charge in [0.15, 0.2) is 11.5 Å². The van der Waals surface area contributed by atoms with Gasteiger partial charge in [0.1, 0.15) is 6.10 Å². The molecule has 1 aliphatic heterocycles. The lowest BCUT2D eigenvalue weighted by Crippen LogP contribution is -2.02. The highest BCUT2D eigenvalue weighted by molar-refractivity contribution is 7.98. The van der Waals surface area contributed by atoms with Crippen molar-refractivity contribution in [3.8, 4) is 22.6 Å². The van der Waals surface area contributed by atoms with Crippen LogP contribution < -0.4 is 9.47 Å². The second-order valence-corrected chi connectivity index (χ2v) is 6.59. The Kier molecular flexibility index (Phi) is 4.34. The van der Waals surface area contributed by atoms with Crippen LogP contribution in [0.3, 0.4) is 0 Å². The van der Waals surface area contributed by atoms with Gasteiger partial charge in [0, 0.05) is 22.9 Å². The first-order chi connectivity index (χ1) is 12.3. The predicted molar refractivity (Wildman–Crippen MR) is 98.1 cm³/mol. The third kappa shape index (κ3) is 3.08. The maximum atomic E-state index is 10.9. The molecular formula is C20H17NO3S. The van der Waals surface area contributed by atoms with E-state index in [0.717, 1.165) is 22.3 Å². The molecule has 1 unspecified atom stereocenters. The summed E-state index contributed by atoms with van der Waals surface area (Å²) < 4.78 is 11.0. The average molecular weight is 351 g/mol. The minimum atomic E-state index is -0.793. The van der Waals surface area contributed by atoms with E-state index in [2.05, 4.69) is 29.2 Å². The Morgan fingerprint density at radius 2 is 1.84 bits per heavy atom. The van der Waals surface area contributed by atoms with Crippen molar-refractivity contribution in [3.63, 3.8) is 0 Å². The molecule has 1 atom stereocenters. The monoisotopic (exact) mass is 351 g/mol. The molecule has 5 heteroatoms. The van der Waals surface area contributed by atoms with Gasteiger partial charge in [-0.05, 0) is 53.3 Å². The first kappa shape index (κ1) is 16.0. The van der Waals surface area contributed by atoms with Gasteiger partial charge in [-0.3, -0.25) is 4.98 Å². The molecule has 0 radical (unpaired) electrons. The van der Waals surface area contributed by atoms with Crippen LogP contribution in [0.5, 0.6) is 11.5 Å². The first-order valence-corrected chi connectivity index (χ1v) is 9.14. The number of pyridine rings is 1. The van der Waals surface area contributed by atoms with E-state index in [4.69, 9.17) is 9.47 Å². The van der Waals surface area contributed by atoms with Crippen molar-refractivity contribution in [1.82, 2.24) is 4.98 Å². The SMILES string of the molecule is CSc1ccc(-c2cc3c(cc2C(O)c2cccnc2)OCO3)cc1. The fourth-order valence-corrected chi connectivity index (χ4v) is 3.33. The van der Waals surface area contributed by atoms with E-state index in [-0.39, 0.29) is 6.79 Å². The number of fused-ring (bicyclic) bond motifs is 1. The van der Waals surface area contributed by atoms with E-state index >= 15 is 0 Å². The van der Waals surface area contributed by atoms with Gasteiger partial charge in [-0.1, -0.05) is 18.2 Å². The molecular weight excluding hydrogens is 334 g/mol. The summed E-state index contributed by atoms with van der Waals surface area (Å²) >= 11 is 1.70. The second kappa shape index (κ2) is 6.78. The molecule has 1 aliphatic rings. The Balaban J connectivity index is 1.84. The first-order valence-electron chi connectivity index (χ1n) is 7.92. The standard InChI is InChI=1S/C20H17NO3S/c1-25-15-6-4-13(5-7-15)16-9-18-19(24-12-23-18)10-17(16)20(22)14-3-2-8-21-11-14/h2-11,20,22H,12H2,1H3. The van der Waals surface area contributed by atoms with Crippen LogP contribution in [0.15, 0.2) is 65.8 Å². The van der Waals surface area contributed by atoms with Crippen LogP contribution in [0, 0.1) is 0 Å². The van der Waals surface area contributed by atoms with E-state index in [9.17, 15) is 5.11 Å². The maximum Gasteiger partial charge on any atom is 0.231 e. The number of hydrogen-bond donors (Lipinski definition) is 1. The molecule has 4 nitrogen and oxygen atoms in total. The van der Waals surface area contributed by atoms with E-state index in [0.29, 0.717) is 11.5 Å². The number of hydrogen-bond acceptors (Lipinski definition) is 5. The topological polar surface area (TPSA) is 51.6 Å². The Labute approximate surface area is 150 Å². The molecule has 2 aromatic carbocycles. The summed E-state index contributed by atoms with van der Waals surface area (Å²) in [6.45, 7) is 0.201. The molecule has 2 heterocycles. The highest BCUT2D eigenvalue weighted by Crippen LogP contribution is 2.42. The summed E-state index contributed by atoms with van der Waals surface area (Å²) in [5.41, 5.74) is 3.46. The maximum absolute atomic E-state index is 10.9. The Bertz CT molecular complexity index is 881. The molecule has 0 saturated heterocycles. The summed E-state index contributed by atoms with van der Waals surface area (Å²) in [5.74, 6) is 1.36. The third-order valence-corrected chi connectivity index (χ3v) is 4.98. The molecule has 0 aliphatic carbocycles. The van der Waals surface area contributed by atoms with Gasteiger partial charge in [-0.25, -0.2) is 0 Å². The van der Waals surface area contributed by atoms with E-state index in [1.165, 1.54) is 4.90 Å². The van der Waals surface area contributed by atoms with E-state index in [1.54, 1.807) is 24.2 Å². The number of thioether (sulfide) groups is 1. The van der Waals surface area contributed by atoms with Crippen molar-refractivity contribution in [1.29, 1.82) is 0 Å². The van der Waals surface area contributed by atoms with Gasteiger partial charge >= 0.3 is 0 Å². The van der Waals surface area contributed by atoms with Crippen molar-refractivity contribution in [2.45, 2.75) is 11.0 Å². The van der Waals surface area contributed by atoms with Crippen LogP contribution in [-0.2, 0) is 0 Å².